The lowest BCUT2D eigenvalue weighted by molar-refractivity contribution is -0.141. The van der Waals surface area contributed by atoms with Crippen molar-refractivity contribution < 1.29 is 50.1 Å². The highest BCUT2D eigenvalue weighted by molar-refractivity contribution is 6.07. The summed E-state index contributed by atoms with van der Waals surface area (Å²) in [6.07, 6.45) is -4.25. The van der Waals surface area contributed by atoms with Gasteiger partial charge in [-0.2, -0.15) is 17.6 Å². The van der Waals surface area contributed by atoms with E-state index in [1.807, 2.05) is 0 Å². The minimum atomic E-state index is -5.31. The summed E-state index contributed by atoms with van der Waals surface area (Å²) in [5, 5.41) is 2.11. The van der Waals surface area contributed by atoms with Crippen LogP contribution in [0.25, 0.3) is 0 Å². The van der Waals surface area contributed by atoms with Gasteiger partial charge in [-0.25, -0.2) is 8.78 Å². The molecule has 190 valence electrons. The second kappa shape index (κ2) is 10.0. The van der Waals surface area contributed by atoms with E-state index in [1.54, 1.807) is 0 Å². The first-order valence-corrected chi connectivity index (χ1v) is 9.63. The predicted molar refractivity (Wildman–Crippen MR) is 112 cm³/mol. The topological polar surface area (TPSA) is 113 Å². The summed E-state index contributed by atoms with van der Waals surface area (Å²) in [5.41, 5.74) is 1.43. The molecule has 0 unspecified atom stereocenters. The normalized spacial score (nSPS) is 11.1. The molecule has 0 aliphatic heterocycles. The minimum Gasteiger partial charge on any atom is -0.496 e. The number of ether oxygens (including phenoxy) is 3. The highest BCUT2D eigenvalue weighted by atomic mass is 19.4. The second-order valence-corrected chi connectivity index (χ2v) is 6.88. The first kappa shape index (κ1) is 26.1. The molecule has 14 heteroatoms. The number of methoxy groups -OCH3 is 2. The SMILES string of the molecule is COc1cc(Oc2ccc(F)c(F)c2OC)c(C(=O)Nc2ccnc(C(N)=O)c2)c(F)c1C(F)(F)F. The number of nitrogens with zero attached hydrogens (tertiary/aromatic N) is 1. The molecular formula is C22H15F6N3O5. The van der Waals surface area contributed by atoms with Crippen LogP contribution in [0.1, 0.15) is 26.4 Å². The van der Waals surface area contributed by atoms with Crippen molar-refractivity contribution in [2.45, 2.75) is 6.18 Å². The number of hydrogen-bond donors (Lipinski definition) is 2. The van der Waals surface area contributed by atoms with Crippen molar-refractivity contribution in [3.8, 4) is 23.0 Å². The maximum atomic E-state index is 15.3. The number of benzene rings is 2. The number of halogens is 6. The Hall–Kier alpha value is -4.49. The summed E-state index contributed by atoms with van der Waals surface area (Å²) < 4.78 is 98.5. The maximum Gasteiger partial charge on any atom is 0.422 e. The molecule has 0 saturated carbocycles. The Labute approximate surface area is 198 Å². The van der Waals surface area contributed by atoms with Crippen LogP contribution in [-0.2, 0) is 6.18 Å². The first-order chi connectivity index (χ1) is 16.9. The zero-order valence-corrected chi connectivity index (χ0v) is 18.3. The molecule has 0 radical (unpaired) electrons. The molecule has 3 aromatic rings. The van der Waals surface area contributed by atoms with Crippen LogP contribution in [0.2, 0.25) is 0 Å². The van der Waals surface area contributed by atoms with E-state index in [-0.39, 0.29) is 11.4 Å². The molecule has 0 bridgehead atoms. The van der Waals surface area contributed by atoms with E-state index in [0.29, 0.717) is 12.1 Å². The monoisotopic (exact) mass is 515 g/mol. The number of nitrogens with one attached hydrogen (secondary N) is 1. The van der Waals surface area contributed by atoms with Crippen LogP contribution in [0, 0.1) is 17.5 Å². The average molecular weight is 515 g/mol. The molecule has 3 N–H and O–H groups in total. The Balaban J connectivity index is 2.20. The number of carbonyl (C=O) groups is 2. The number of amides is 2. The van der Waals surface area contributed by atoms with Crippen LogP contribution < -0.4 is 25.3 Å². The van der Waals surface area contributed by atoms with E-state index in [9.17, 15) is 31.5 Å². The van der Waals surface area contributed by atoms with E-state index in [2.05, 4.69) is 15.0 Å². The third kappa shape index (κ3) is 5.11. The fraction of sp³-hybridized carbons (Fsp3) is 0.136. The number of nitrogens with two attached hydrogens (primary N) is 1. The average Bonchev–Trinajstić information content (AvgIpc) is 2.80. The lowest BCUT2D eigenvalue weighted by atomic mass is 10.0. The quantitative estimate of drug-likeness (QED) is 0.442. The van der Waals surface area contributed by atoms with Gasteiger partial charge in [-0.1, -0.05) is 0 Å². The number of pyridine rings is 1. The van der Waals surface area contributed by atoms with Crippen molar-refractivity contribution >= 4 is 17.5 Å². The van der Waals surface area contributed by atoms with Gasteiger partial charge in [-0.15, -0.1) is 0 Å². The van der Waals surface area contributed by atoms with Crippen LogP contribution in [0.15, 0.2) is 36.5 Å². The van der Waals surface area contributed by atoms with Crippen molar-refractivity contribution in [2.75, 3.05) is 19.5 Å². The summed E-state index contributed by atoms with van der Waals surface area (Å²) in [6.45, 7) is 0. The minimum absolute atomic E-state index is 0.177. The Bertz CT molecular complexity index is 1350. The molecule has 0 fully saturated rings. The molecule has 1 heterocycles. The highest BCUT2D eigenvalue weighted by Gasteiger charge is 2.41. The lowest BCUT2D eigenvalue weighted by Crippen LogP contribution is -2.20. The van der Waals surface area contributed by atoms with E-state index in [0.717, 1.165) is 38.6 Å². The summed E-state index contributed by atoms with van der Waals surface area (Å²) in [4.78, 5) is 27.9. The molecule has 0 aliphatic carbocycles. The highest BCUT2D eigenvalue weighted by Crippen LogP contribution is 2.45. The Morgan fingerprint density at radius 3 is 2.22 bits per heavy atom. The van der Waals surface area contributed by atoms with Crippen LogP contribution in [0.4, 0.5) is 32.0 Å². The van der Waals surface area contributed by atoms with Gasteiger partial charge in [0.2, 0.25) is 11.6 Å². The van der Waals surface area contributed by atoms with Gasteiger partial charge in [-0.3, -0.25) is 14.6 Å². The van der Waals surface area contributed by atoms with Gasteiger partial charge in [0, 0.05) is 18.0 Å². The zero-order valence-electron chi connectivity index (χ0n) is 18.3. The number of anilines is 1. The van der Waals surface area contributed by atoms with Crippen LogP contribution in [0.3, 0.4) is 0 Å². The molecule has 0 saturated heterocycles. The molecule has 8 nitrogen and oxygen atoms in total. The Morgan fingerprint density at radius 2 is 1.64 bits per heavy atom. The number of carbonyl (C=O) groups excluding carboxylic acids is 2. The Morgan fingerprint density at radius 1 is 0.944 bits per heavy atom. The number of primary amides is 1. The molecule has 2 amide bonds. The van der Waals surface area contributed by atoms with Gasteiger partial charge in [0.1, 0.15) is 28.3 Å². The Kier molecular flexibility index (Phi) is 7.27. The van der Waals surface area contributed by atoms with Crippen LogP contribution in [-0.4, -0.2) is 31.0 Å². The van der Waals surface area contributed by atoms with Gasteiger partial charge in [-0.05, 0) is 24.3 Å². The number of aromatic nitrogens is 1. The summed E-state index contributed by atoms with van der Waals surface area (Å²) in [5.74, 6) is -10.7. The maximum absolute atomic E-state index is 15.3. The molecule has 1 aromatic heterocycles. The number of hydrogen-bond acceptors (Lipinski definition) is 6. The van der Waals surface area contributed by atoms with E-state index in [4.69, 9.17) is 15.2 Å². The van der Waals surface area contributed by atoms with Gasteiger partial charge >= 0.3 is 6.18 Å². The summed E-state index contributed by atoms with van der Waals surface area (Å²) >= 11 is 0. The second-order valence-electron chi connectivity index (χ2n) is 6.88. The molecular weight excluding hydrogens is 500 g/mol. The van der Waals surface area contributed by atoms with Crippen molar-refractivity contribution in [1.29, 1.82) is 0 Å². The fourth-order valence-electron chi connectivity index (χ4n) is 3.06. The smallest absolute Gasteiger partial charge is 0.422 e. The van der Waals surface area contributed by atoms with Crippen molar-refractivity contribution in [3.63, 3.8) is 0 Å². The van der Waals surface area contributed by atoms with Gasteiger partial charge < -0.3 is 25.3 Å². The van der Waals surface area contributed by atoms with E-state index in [1.165, 1.54) is 0 Å². The molecule has 2 aromatic carbocycles. The van der Waals surface area contributed by atoms with E-state index >= 15 is 4.39 Å². The summed E-state index contributed by atoms with van der Waals surface area (Å²) in [6, 6.07) is 4.15. The van der Waals surface area contributed by atoms with Crippen molar-refractivity contribution in [1.82, 2.24) is 4.98 Å². The molecule has 0 spiro atoms. The fourth-order valence-corrected chi connectivity index (χ4v) is 3.06. The first-order valence-electron chi connectivity index (χ1n) is 9.63. The van der Waals surface area contributed by atoms with Crippen LogP contribution in [0.5, 0.6) is 23.0 Å². The molecule has 0 aliphatic rings. The standard InChI is InChI=1S/C22H15F6N3O5/c1-34-14-8-13(36-12-4-3-10(23)17(24)19(12)35-2)15(18(25)16(14)22(26,27)28)21(33)31-9-5-6-30-11(7-9)20(29)32/h3-8H,1-2H3,(H2,29,32)(H,30,31,33). The van der Waals surface area contributed by atoms with Gasteiger partial charge in [0.15, 0.2) is 17.4 Å². The number of rotatable bonds is 7. The predicted octanol–water partition coefficient (Wildman–Crippen LogP) is 4.68. The van der Waals surface area contributed by atoms with Crippen LogP contribution >= 0.6 is 0 Å². The van der Waals surface area contributed by atoms with E-state index < -0.39 is 69.6 Å². The largest absolute Gasteiger partial charge is 0.496 e. The molecule has 0 atom stereocenters. The van der Waals surface area contributed by atoms with Gasteiger partial charge in [0.05, 0.1) is 14.2 Å². The van der Waals surface area contributed by atoms with Crippen molar-refractivity contribution in [2.24, 2.45) is 5.73 Å². The third-order valence-corrected chi connectivity index (χ3v) is 4.63. The molecule has 36 heavy (non-hydrogen) atoms. The molecule has 3 rings (SSSR count). The third-order valence-electron chi connectivity index (χ3n) is 4.63. The van der Waals surface area contributed by atoms with Crippen molar-refractivity contribution in [3.05, 3.63) is 70.8 Å². The lowest BCUT2D eigenvalue weighted by Gasteiger charge is -2.19. The van der Waals surface area contributed by atoms with Gasteiger partial charge in [0.25, 0.3) is 11.8 Å². The number of alkyl halides is 3. The zero-order chi connectivity index (χ0) is 26.8. The summed E-state index contributed by atoms with van der Waals surface area (Å²) in [7, 11) is 1.76.